The van der Waals surface area contributed by atoms with E-state index in [1.807, 2.05) is 13.8 Å². The quantitative estimate of drug-likeness (QED) is 0.422. The van der Waals surface area contributed by atoms with Gasteiger partial charge in [-0.05, 0) is 43.9 Å². The molecule has 4 rings (SSSR count). The van der Waals surface area contributed by atoms with E-state index >= 15 is 8.78 Å². The number of β-lactam (4-membered cyclic amide) rings is 1. The molecule has 10 heteroatoms. The second-order valence-corrected chi connectivity index (χ2v) is 10.8. The number of carbonyl (C=O) groups is 3. The molecule has 0 aromatic heterocycles. The van der Waals surface area contributed by atoms with Gasteiger partial charge in [-0.15, -0.1) is 0 Å². The fourth-order valence-corrected chi connectivity index (χ4v) is 5.49. The molecule has 2 unspecified atom stereocenters. The predicted octanol–water partition coefficient (Wildman–Crippen LogP) is 2.90. The standard InChI is InChI=1S/C29H35F2N3O5/c1-5-17(2)15-34-27(39)24-28(34,4)29(30,31)16-33(24)26(38)23(36)21(14-19-10-7-6-8-11-19)32-25(37)20-12-9-13-22(35)18(20)3/h6-13,17,21,23-24,35-36H,5,14-16H2,1-4H3,(H,32,37)/t17-,21?,23-,24+,28?/m0/s1. The highest BCUT2D eigenvalue weighted by atomic mass is 19.3. The summed E-state index contributed by atoms with van der Waals surface area (Å²) in [5.41, 5.74) is -0.730. The van der Waals surface area contributed by atoms with Gasteiger partial charge in [-0.1, -0.05) is 56.7 Å². The van der Waals surface area contributed by atoms with E-state index in [2.05, 4.69) is 5.32 Å². The Morgan fingerprint density at radius 1 is 1.15 bits per heavy atom. The smallest absolute Gasteiger partial charge is 0.290 e. The number of nitrogens with zero attached hydrogens (tertiary/aromatic N) is 2. The summed E-state index contributed by atoms with van der Waals surface area (Å²) in [6.07, 6.45) is -1.17. The van der Waals surface area contributed by atoms with Gasteiger partial charge in [0.1, 0.15) is 17.3 Å². The number of hydrogen-bond donors (Lipinski definition) is 3. The lowest BCUT2D eigenvalue weighted by atomic mass is 9.77. The van der Waals surface area contributed by atoms with Crippen LogP contribution in [0, 0.1) is 12.8 Å². The first-order chi connectivity index (χ1) is 18.3. The molecule has 0 saturated carbocycles. The number of fused-ring (bicyclic) bond motifs is 1. The number of phenols is 1. The van der Waals surface area contributed by atoms with Crippen LogP contribution >= 0.6 is 0 Å². The van der Waals surface area contributed by atoms with Gasteiger partial charge in [-0.3, -0.25) is 14.4 Å². The van der Waals surface area contributed by atoms with E-state index in [0.29, 0.717) is 17.5 Å². The maximum atomic E-state index is 15.4. The highest BCUT2D eigenvalue weighted by Crippen LogP contribution is 2.52. The molecule has 2 aliphatic rings. The van der Waals surface area contributed by atoms with Gasteiger partial charge in [0, 0.05) is 17.7 Å². The summed E-state index contributed by atoms with van der Waals surface area (Å²) >= 11 is 0. The number of alkyl halides is 2. The normalized spacial score (nSPS) is 24.0. The highest BCUT2D eigenvalue weighted by Gasteiger charge is 2.77. The maximum absolute atomic E-state index is 15.4. The van der Waals surface area contributed by atoms with Crippen molar-refractivity contribution in [3.05, 3.63) is 65.2 Å². The molecule has 0 aliphatic carbocycles. The molecule has 2 aromatic carbocycles. The van der Waals surface area contributed by atoms with Gasteiger partial charge in [-0.25, -0.2) is 8.78 Å². The molecule has 39 heavy (non-hydrogen) atoms. The van der Waals surface area contributed by atoms with Gasteiger partial charge >= 0.3 is 0 Å². The summed E-state index contributed by atoms with van der Waals surface area (Å²) in [6.45, 7) is 5.76. The van der Waals surface area contributed by atoms with Crippen LogP contribution in [-0.4, -0.2) is 80.5 Å². The minimum atomic E-state index is -3.38. The molecular weight excluding hydrogens is 508 g/mol. The minimum Gasteiger partial charge on any atom is -0.508 e. The van der Waals surface area contributed by atoms with Crippen LogP contribution in [0.15, 0.2) is 48.5 Å². The number of rotatable bonds is 9. The SMILES string of the molecule is CC[C@H](C)CN1C(=O)[C@H]2N(C(=O)[C@@H](O)C(Cc3ccccc3)NC(=O)c3cccc(O)c3C)CC(F)(F)C21C. The Bertz CT molecular complexity index is 1260. The number of likely N-dealkylation sites (tertiary alicyclic amines) is 2. The van der Waals surface area contributed by atoms with Crippen LogP contribution in [0.25, 0.3) is 0 Å². The Morgan fingerprint density at radius 3 is 2.46 bits per heavy atom. The number of hydrogen-bond acceptors (Lipinski definition) is 5. The maximum Gasteiger partial charge on any atom is 0.290 e. The zero-order valence-electron chi connectivity index (χ0n) is 22.5. The Kier molecular flexibility index (Phi) is 7.71. The van der Waals surface area contributed by atoms with Gasteiger partial charge in [0.15, 0.2) is 6.10 Å². The van der Waals surface area contributed by atoms with E-state index in [1.54, 1.807) is 37.3 Å². The molecule has 5 atom stereocenters. The van der Waals surface area contributed by atoms with Crippen LogP contribution in [0.1, 0.15) is 48.7 Å². The van der Waals surface area contributed by atoms with Gasteiger partial charge in [0.05, 0.1) is 12.6 Å². The first-order valence-corrected chi connectivity index (χ1v) is 13.1. The summed E-state index contributed by atoms with van der Waals surface area (Å²) in [6, 6.07) is 10.6. The molecule has 2 saturated heterocycles. The van der Waals surface area contributed by atoms with Crippen molar-refractivity contribution in [3.63, 3.8) is 0 Å². The highest BCUT2D eigenvalue weighted by molar-refractivity contribution is 5.99. The second kappa shape index (κ2) is 10.6. The molecule has 8 nitrogen and oxygen atoms in total. The zero-order chi connectivity index (χ0) is 28.7. The predicted molar refractivity (Wildman–Crippen MR) is 140 cm³/mol. The second-order valence-electron chi connectivity index (χ2n) is 10.8. The van der Waals surface area contributed by atoms with Gasteiger partial charge in [0.2, 0.25) is 5.91 Å². The van der Waals surface area contributed by atoms with Crippen molar-refractivity contribution >= 4 is 17.7 Å². The number of carbonyl (C=O) groups excluding carboxylic acids is 3. The monoisotopic (exact) mass is 543 g/mol. The topological polar surface area (TPSA) is 110 Å². The third-order valence-corrected chi connectivity index (χ3v) is 8.29. The number of aromatic hydroxyl groups is 1. The van der Waals surface area contributed by atoms with Crippen LogP contribution < -0.4 is 5.32 Å². The number of nitrogens with one attached hydrogen (secondary N) is 1. The van der Waals surface area contributed by atoms with Crippen molar-refractivity contribution in [1.82, 2.24) is 15.1 Å². The molecule has 2 heterocycles. The van der Waals surface area contributed by atoms with E-state index in [9.17, 15) is 24.6 Å². The number of halogens is 2. The molecule has 3 amide bonds. The lowest BCUT2D eigenvalue weighted by Crippen LogP contribution is -2.79. The fraction of sp³-hybridized carbons (Fsp3) is 0.483. The molecule has 2 aliphatic heterocycles. The van der Waals surface area contributed by atoms with E-state index < -0.39 is 53.9 Å². The van der Waals surface area contributed by atoms with Crippen molar-refractivity contribution in [2.45, 2.75) is 70.2 Å². The van der Waals surface area contributed by atoms with Crippen molar-refractivity contribution in [2.24, 2.45) is 5.92 Å². The van der Waals surface area contributed by atoms with Gasteiger partial charge in [-0.2, -0.15) is 0 Å². The molecule has 0 spiro atoms. The largest absolute Gasteiger partial charge is 0.508 e. The molecule has 2 aromatic rings. The van der Waals surface area contributed by atoms with Gasteiger partial charge in [0.25, 0.3) is 17.7 Å². The van der Waals surface area contributed by atoms with Gasteiger partial charge < -0.3 is 25.3 Å². The van der Waals surface area contributed by atoms with Crippen molar-refractivity contribution < 1.29 is 33.4 Å². The van der Waals surface area contributed by atoms with Crippen LogP contribution in [0.5, 0.6) is 5.75 Å². The average molecular weight is 544 g/mol. The number of aliphatic hydroxyl groups excluding tert-OH is 1. The van der Waals surface area contributed by atoms with Crippen LogP contribution in [-0.2, 0) is 16.0 Å². The number of aliphatic hydroxyl groups is 1. The molecule has 0 bridgehead atoms. The van der Waals surface area contributed by atoms with Crippen LogP contribution in [0.2, 0.25) is 0 Å². The summed E-state index contributed by atoms with van der Waals surface area (Å²) < 4.78 is 30.7. The van der Waals surface area contributed by atoms with Crippen LogP contribution in [0.3, 0.4) is 0 Å². The number of amides is 3. The first kappa shape index (κ1) is 28.5. The van der Waals surface area contributed by atoms with E-state index in [0.717, 1.165) is 9.80 Å². The Hall–Kier alpha value is -3.53. The minimum absolute atomic E-state index is 0.00390. The third kappa shape index (κ3) is 4.86. The number of benzene rings is 2. The summed E-state index contributed by atoms with van der Waals surface area (Å²) in [7, 11) is 0. The van der Waals surface area contributed by atoms with E-state index in [1.165, 1.54) is 25.1 Å². The average Bonchev–Trinajstić information content (AvgIpc) is 3.10. The lowest BCUT2D eigenvalue weighted by Gasteiger charge is -2.55. The first-order valence-electron chi connectivity index (χ1n) is 13.1. The summed E-state index contributed by atoms with van der Waals surface area (Å²) in [5.74, 6) is -5.74. The number of phenolic OH excluding ortho intramolecular Hbond substituents is 1. The summed E-state index contributed by atoms with van der Waals surface area (Å²) in [5, 5.41) is 23.9. The third-order valence-electron chi connectivity index (χ3n) is 8.29. The molecular formula is C29H35F2N3O5. The zero-order valence-corrected chi connectivity index (χ0v) is 22.5. The fourth-order valence-electron chi connectivity index (χ4n) is 5.49. The van der Waals surface area contributed by atoms with Crippen LogP contribution in [0.4, 0.5) is 8.78 Å². The molecule has 3 N–H and O–H groups in total. The van der Waals surface area contributed by atoms with Crippen molar-refractivity contribution in [1.29, 1.82) is 0 Å². The van der Waals surface area contributed by atoms with E-state index in [-0.39, 0.29) is 30.2 Å². The lowest BCUT2D eigenvalue weighted by molar-refractivity contribution is -0.192. The van der Waals surface area contributed by atoms with E-state index in [4.69, 9.17) is 0 Å². The molecule has 0 radical (unpaired) electrons. The Balaban J connectivity index is 1.60. The van der Waals surface area contributed by atoms with Crippen molar-refractivity contribution in [2.75, 3.05) is 13.1 Å². The summed E-state index contributed by atoms with van der Waals surface area (Å²) in [4.78, 5) is 41.6. The Labute approximate surface area is 226 Å². The Morgan fingerprint density at radius 2 is 1.82 bits per heavy atom. The molecule has 210 valence electrons. The molecule has 2 fully saturated rings. The van der Waals surface area contributed by atoms with Crippen molar-refractivity contribution in [3.8, 4) is 5.75 Å².